The zero-order valence-corrected chi connectivity index (χ0v) is 22.2. The van der Waals surface area contributed by atoms with E-state index in [1.165, 1.54) is 20.1 Å². The van der Waals surface area contributed by atoms with Crippen LogP contribution in [0.5, 0.6) is 17.2 Å². The SMILES string of the molecule is CCCC[C@@H]1[C@@H](OC(C)=O)CC(=O)C[C@@H](c2cc(O)c(O)c(OC)c2)CSSC[C@H]1C1=CCN=C1. The maximum Gasteiger partial charge on any atom is 0.302 e. The van der Waals surface area contributed by atoms with Gasteiger partial charge >= 0.3 is 5.97 Å². The minimum atomic E-state index is -0.501. The summed E-state index contributed by atoms with van der Waals surface area (Å²) in [6.07, 6.45) is 6.84. The molecule has 0 aliphatic carbocycles. The van der Waals surface area contributed by atoms with Crippen LogP contribution >= 0.6 is 21.6 Å². The van der Waals surface area contributed by atoms with Crippen LogP contribution < -0.4 is 4.74 Å². The molecule has 3 rings (SSSR count). The number of unbranched alkanes of at least 4 members (excludes halogenated alkanes) is 1. The number of phenols is 2. The van der Waals surface area contributed by atoms with E-state index in [1.54, 1.807) is 27.7 Å². The van der Waals surface area contributed by atoms with Crippen molar-refractivity contribution in [1.82, 2.24) is 0 Å². The van der Waals surface area contributed by atoms with Crippen LogP contribution in [0.25, 0.3) is 0 Å². The second kappa shape index (κ2) is 13.3. The van der Waals surface area contributed by atoms with E-state index in [0.717, 1.165) is 36.2 Å². The van der Waals surface area contributed by atoms with Gasteiger partial charge in [0, 0.05) is 55.2 Å². The van der Waals surface area contributed by atoms with Gasteiger partial charge in [0.1, 0.15) is 11.9 Å². The second-order valence-corrected chi connectivity index (χ2v) is 11.6. The molecule has 4 atom stereocenters. The number of methoxy groups -OCH3 is 1. The molecule has 2 aliphatic heterocycles. The predicted molar refractivity (Wildman–Crippen MR) is 142 cm³/mol. The molecule has 1 fully saturated rings. The van der Waals surface area contributed by atoms with Gasteiger partial charge in [-0.2, -0.15) is 0 Å². The lowest BCUT2D eigenvalue weighted by molar-refractivity contribution is -0.151. The Morgan fingerprint density at radius 1 is 1.20 bits per heavy atom. The minimum Gasteiger partial charge on any atom is -0.504 e. The van der Waals surface area contributed by atoms with E-state index in [2.05, 4.69) is 18.0 Å². The number of aromatic hydroxyl groups is 2. The summed E-state index contributed by atoms with van der Waals surface area (Å²) in [6.45, 7) is 4.20. The standard InChI is InChI=1S/C26H35NO6S2/c1-4-5-6-21-22(17-7-8-27-13-17)15-35-34-14-19(9-20(29)12-24(21)33-16(2)28)18-10-23(30)26(31)25(11-18)32-3/h7,10-11,13,19,21-22,24,30-31H,4-6,8-9,12,14-15H2,1-3H3/t19-,21+,22+,24+/m1/s1. The monoisotopic (exact) mass is 521 g/mol. The number of Topliss-reactive ketones (excluding diaryl/α,β-unsaturated/α-hetero) is 1. The molecule has 2 heterocycles. The van der Waals surface area contributed by atoms with Crippen molar-refractivity contribution >= 4 is 39.6 Å². The van der Waals surface area contributed by atoms with Crippen LogP contribution in [0, 0.1) is 11.8 Å². The Hall–Kier alpha value is -2.13. The molecule has 2 aliphatic rings. The van der Waals surface area contributed by atoms with Gasteiger partial charge in [0.15, 0.2) is 11.5 Å². The number of hydrogen-bond donors (Lipinski definition) is 2. The van der Waals surface area contributed by atoms with Gasteiger partial charge in [-0.1, -0.05) is 47.4 Å². The van der Waals surface area contributed by atoms with E-state index in [9.17, 15) is 19.8 Å². The van der Waals surface area contributed by atoms with E-state index in [0.29, 0.717) is 12.3 Å². The number of ketones is 1. The second-order valence-electron chi connectivity index (χ2n) is 9.06. The molecule has 0 aromatic heterocycles. The van der Waals surface area contributed by atoms with Crippen LogP contribution in [0.4, 0.5) is 0 Å². The van der Waals surface area contributed by atoms with Crippen LogP contribution in [0.2, 0.25) is 0 Å². The van der Waals surface area contributed by atoms with Crippen LogP contribution in [0.1, 0.15) is 57.4 Å². The zero-order chi connectivity index (χ0) is 25.4. The maximum atomic E-state index is 13.4. The summed E-state index contributed by atoms with van der Waals surface area (Å²) in [5.74, 6) is 0.668. The number of ether oxygens (including phenoxy) is 2. The smallest absolute Gasteiger partial charge is 0.302 e. The molecule has 0 radical (unpaired) electrons. The third kappa shape index (κ3) is 7.43. The topological polar surface area (TPSA) is 105 Å². The molecule has 1 aromatic rings. The van der Waals surface area contributed by atoms with Crippen molar-refractivity contribution in [3.8, 4) is 17.2 Å². The largest absolute Gasteiger partial charge is 0.504 e. The summed E-state index contributed by atoms with van der Waals surface area (Å²) < 4.78 is 11.0. The highest BCUT2D eigenvalue weighted by Crippen LogP contribution is 2.43. The highest BCUT2D eigenvalue weighted by molar-refractivity contribution is 8.76. The molecule has 9 heteroatoms. The number of aliphatic imine (C=N–C) groups is 1. The van der Waals surface area contributed by atoms with E-state index in [-0.39, 0.29) is 59.6 Å². The maximum absolute atomic E-state index is 13.4. The molecule has 0 amide bonds. The van der Waals surface area contributed by atoms with Gasteiger partial charge in [0.05, 0.1) is 13.7 Å². The van der Waals surface area contributed by atoms with Gasteiger partial charge < -0.3 is 19.7 Å². The summed E-state index contributed by atoms with van der Waals surface area (Å²) in [7, 11) is 4.87. The molecule has 0 bridgehead atoms. The lowest BCUT2D eigenvalue weighted by Gasteiger charge is -2.33. The normalized spacial score (nSPS) is 25.6. The summed E-state index contributed by atoms with van der Waals surface area (Å²) in [5, 5.41) is 20.2. The first-order chi connectivity index (χ1) is 16.8. The van der Waals surface area contributed by atoms with Gasteiger partial charge in [-0.25, -0.2) is 0 Å². The number of benzene rings is 1. The molecular weight excluding hydrogens is 486 g/mol. The molecular formula is C26H35NO6S2. The number of allylic oxidation sites excluding steroid dienone is 1. The third-order valence-electron chi connectivity index (χ3n) is 6.58. The van der Waals surface area contributed by atoms with Crippen molar-refractivity contribution in [3.05, 3.63) is 29.3 Å². The summed E-state index contributed by atoms with van der Waals surface area (Å²) in [4.78, 5) is 29.8. The Kier molecular flexibility index (Phi) is 10.4. The minimum absolute atomic E-state index is 0.00889. The van der Waals surface area contributed by atoms with Crippen molar-refractivity contribution in [1.29, 1.82) is 0 Å². The number of carbonyl (C=O) groups is 2. The molecule has 1 saturated heterocycles. The van der Waals surface area contributed by atoms with E-state index >= 15 is 0 Å². The fraction of sp³-hybridized carbons (Fsp3) is 0.577. The first-order valence-corrected chi connectivity index (χ1v) is 14.6. The molecule has 0 spiro atoms. The van der Waals surface area contributed by atoms with Crippen molar-refractivity contribution in [2.24, 2.45) is 16.8 Å². The van der Waals surface area contributed by atoms with Gasteiger partial charge in [0.25, 0.3) is 0 Å². The number of esters is 1. The number of carbonyl (C=O) groups excluding carboxylic acids is 2. The van der Waals surface area contributed by atoms with E-state index in [1.807, 2.05) is 6.21 Å². The van der Waals surface area contributed by atoms with Crippen molar-refractivity contribution < 1.29 is 29.3 Å². The quantitative estimate of drug-likeness (QED) is 0.283. The molecule has 35 heavy (non-hydrogen) atoms. The number of phenolic OH excluding ortho intramolecular Hbond substituents is 2. The van der Waals surface area contributed by atoms with Crippen LogP contribution in [0.3, 0.4) is 0 Å². The number of nitrogens with zero attached hydrogens (tertiary/aromatic N) is 1. The number of rotatable bonds is 7. The van der Waals surface area contributed by atoms with Crippen LogP contribution in [-0.4, -0.2) is 59.4 Å². The summed E-state index contributed by atoms with van der Waals surface area (Å²) in [6, 6.07) is 3.17. The number of hydrogen-bond acceptors (Lipinski definition) is 9. The summed E-state index contributed by atoms with van der Waals surface area (Å²) >= 11 is 0. The average molecular weight is 522 g/mol. The lowest BCUT2D eigenvalue weighted by atomic mass is 9.78. The molecule has 0 saturated carbocycles. The Balaban J connectivity index is 1.93. The van der Waals surface area contributed by atoms with Crippen molar-refractivity contribution in [2.45, 2.75) is 58.0 Å². The molecule has 0 unspecified atom stereocenters. The fourth-order valence-corrected chi connectivity index (χ4v) is 7.54. The van der Waals surface area contributed by atoms with Gasteiger partial charge in [0.2, 0.25) is 5.75 Å². The fourth-order valence-electron chi connectivity index (χ4n) is 4.78. The van der Waals surface area contributed by atoms with Gasteiger partial charge in [-0.05, 0) is 29.7 Å². The summed E-state index contributed by atoms with van der Waals surface area (Å²) in [5.41, 5.74) is 1.89. The zero-order valence-electron chi connectivity index (χ0n) is 20.6. The Morgan fingerprint density at radius 3 is 2.63 bits per heavy atom. The average Bonchev–Trinajstić information content (AvgIpc) is 3.34. The molecule has 7 nitrogen and oxygen atoms in total. The van der Waals surface area contributed by atoms with E-state index < -0.39 is 6.10 Å². The Labute approximate surface area is 215 Å². The first kappa shape index (κ1) is 27.5. The predicted octanol–water partition coefficient (Wildman–Crippen LogP) is 5.30. The van der Waals surface area contributed by atoms with Crippen molar-refractivity contribution in [2.75, 3.05) is 25.2 Å². The molecule has 192 valence electrons. The highest BCUT2D eigenvalue weighted by Gasteiger charge is 2.36. The molecule has 2 N–H and O–H groups in total. The van der Waals surface area contributed by atoms with Crippen LogP contribution in [0.15, 0.2) is 28.8 Å². The van der Waals surface area contributed by atoms with Crippen molar-refractivity contribution in [3.63, 3.8) is 0 Å². The van der Waals surface area contributed by atoms with E-state index in [4.69, 9.17) is 9.47 Å². The highest BCUT2D eigenvalue weighted by atomic mass is 33.1. The van der Waals surface area contributed by atoms with Crippen LogP contribution in [-0.2, 0) is 14.3 Å². The third-order valence-corrected chi connectivity index (χ3v) is 9.09. The molecule has 1 aromatic carbocycles. The van der Waals surface area contributed by atoms with Gasteiger partial charge in [-0.15, -0.1) is 0 Å². The van der Waals surface area contributed by atoms with Gasteiger partial charge in [-0.3, -0.25) is 14.6 Å². The lowest BCUT2D eigenvalue weighted by Crippen LogP contribution is -2.36. The Bertz CT molecular complexity index is 963. The Morgan fingerprint density at radius 2 is 1.97 bits per heavy atom. The first-order valence-electron chi connectivity index (χ1n) is 12.1.